The van der Waals surface area contributed by atoms with Gasteiger partial charge in [-0.1, -0.05) is 36.1 Å². The normalized spacial score (nSPS) is 13.0. The summed E-state index contributed by atoms with van der Waals surface area (Å²) in [5, 5.41) is 0. The summed E-state index contributed by atoms with van der Waals surface area (Å²) in [6, 6.07) is 14.7. The smallest absolute Gasteiger partial charge is 0.109 e. The van der Waals surface area contributed by atoms with Crippen LogP contribution in [-0.2, 0) is 13.0 Å². The number of nitrogens with zero attached hydrogens (tertiary/aromatic N) is 2. The lowest BCUT2D eigenvalue weighted by Gasteiger charge is -2.11. The van der Waals surface area contributed by atoms with E-state index in [1.54, 1.807) is 0 Å². The molecule has 2 heterocycles. The van der Waals surface area contributed by atoms with Crippen molar-refractivity contribution in [2.75, 3.05) is 0 Å². The van der Waals surface area contributed by atoms with Gasteiger partial charge in [0.25, 0.3) is 0 Å². The van der Waals surface area contributed by atoms with Gasteiger partial charge >= 0.3 is 0 Å². The molecule has 0 atom stereocenters. The van der Waals surface area contributed by atoms with E-state index in [-0.39, 0.29) is 0 Å². The van der Waals surface area contributed by atoms with Crippen molar-refractivity contribution in [1.29, 1.82) is 0 Å². The second kappa shape index (κ2) is 6.61. The average molecular weight is 326 g/mol. The van der Waals surface area contributed by atoms with Gasteiger partial charge in [-0.2, -0.15) is 0 Å². The van der Waals surface area contributed by atoms with Gasteiger partial charge in [0.05, 0.1) is 5.69 Å². The Labute approximate surface area is 149 Å². The SMILES string of the molecule is Cc1cccc(C#Cc2ccc(-c3cn4c(n3)CCCC4)cc2)c1C. The van der Waals surface area contributed by atoms with Crippen LogP contribution in [-0.4, -0.2) is 9.55 Å². The maximum atomic E-state index is 4.79. The fraction of sp³-hybridized carbons (Fsp3) is 0.261. The second-order valence-electron chi connectivity index (χ2n) is 6.77. The van der Waals surface area contributed by atoms with E-state index in [0.29, 0.717) is 0 Å². The minimum Gasteiger partial charge on any atom is -0.334 e. The first-order chi connectivity index (χ1) is 12.2. The zero-order valence-corrected chi connectivity index (χ0v) is 14.8. The molecule has 0 bridgehead atoms. The third-order valence-corrected chi connectivity index (χ3v) is 5.04. The molecule has 0 saturated heterocycles. The Morgan fingerprint density at radius 2 is 1.80 bits per heavy atom. The van der Waals surface area contributed by atoms with E-state index >= 15 is 0 Å². The fourth-order valence-corrected chi connectivity index (χ4v) is 3.30. The van der Waals surface area contributed by atoms with Gasteiger partial charge in [0.15, 0.2) is 0 Å². The summed E-state index contributed by atoms with van der Waals surface area (Å²) in [6.07, 6.45) is 5.80. The highest BCUT2D eigenvalue weighted by molar-refractivity contribution is 5.60. The third-order valence-electron chi connectivity index (χ3n) is 5.04. The minimum absolute atomic E-state index is 1.04. The molecule has 1 aromatic heterocycles. The van der Waals surface area contributed by atoms with E-state index in [9.17, 15) is 0 Å². The first kappa shape index (κ1) is 15.7. The first-order valence-corrected chi connectivity index (χ1v) is 8.95. The minimum atomic E-state index is 1.04. The maximum Gasteiger partial charge on any atom is 0.109 e. The highest BCUT2D eigenvalue weighted by Crippen LogP contribution is 2.23. The van der Waals surface area contributed by atoms with E-state index in [2.05, 4.69) is 78.9 Å². The van der Waals surface area contributed by atoms with Crippen LogP contribution in [0.3, 0.4) is 0 Å². The number of rotatable bonds is 1. The van der Waals surface area contributed by atoms with Crippen molar-refractivity contribution in [3.05, 3.63) is 76.7 Å². The van der Waals surface area contributed by atoms with Crippen LogP contribution in [0, 0.1) is 25.7 Å². The molecule has 0 radical (unpaired) electrons. The van der Waals surface area contributed by atoms with Crippen LogP contribution < -0.4 is 0 Å². The molecule has 0 unspecified atom stereocenters. The van der Waals surface area contributed by atoms with Crippen molar-refractivity contribution < 1.29 is 0 Å². The number of hydrogen-bond donors (Lipinski definition) is 0. The van der Waals surface area contributed by atoms with Crippen LogP contribution in [0.25, 0.3) is 11.3 Å². The molecule has 2 nitrogen and oxygen atoms in total. The molecule has 0 fully saturated rings. The number of aromatic nitrogens is 2. The van der Waals surface area contributed by atoms with Crippen LogP contribution in [0.15, 0.2) is 48.7 Å². The van der Waals surface area contributed by atoms with Crippen molar-refractivity contribution in [3.63, 3.8) is 0 Å². The van der Waals surface area contributed by atoms with Crippen LogP contribution in [0.4, 0.5) is 0 Å². The Morgan fingerprint density at radius 1 is 0.960 bits per heavy atom. The summed E-state index contributed by atoms with van der Waals surface area (Å²) in [6.45, 7) is 5.35. The second-order valence-corrected chi connectivity index (χ2v) is 6.77. The van der Waals surface area contributed by atoms with Crippen molar-refractivity contribution in [2.45, 2.75) is 39.7 Å². The summed E-state index contributed by atoms with van der Waals surface area (Å²) in [5.74, 6) is 7.80. The summed E-state index contributed by atoms with van der Waals surface area (Å²) < 4.78 is 2.30. The molecule has 0 N–H and O–H groups in total. The Hall–Kier alpha value is -2.79. The van der Waals surface area contributed by atoms with Crippen molar-refractivity contribution in [3.8, 4) is 23.1 Å². The van der Waals surface area contributed by atoms with Crippen molar-refractivity contribution in [2.24, 2.45) is 0 Å². The Bertz CT molecular complexity index is 942. The molecule has 2 aromatic carbocycles. The zero-order valence-electron chi connectivity index (χ0n) is 14.8. The largest absolute Gasteiger partial charge is 0.334 e. The molecule has 25 heavy (non-hydrogen) atoms. The number of hydrogen-bond acceptors (Lipinski definition) is 1. The first-order valence-electron chi connectivity index (χ1n) is 8.95. The molecule has 0 aliphatic carbocycles. The van der Waals surface area contributed by atoms with Gasteiger partial charge in [-0.05, 0) is 56.0 Å². The molecule has 0 saturated carbocycles. The Kier molecular flexibility index (Phi) is 4.15. The van der Waals surface area contributed by atoms with Gasteiger partial charge in [-0.25, -0.2) is 4.98 Å². The predicted molar refractivity (Wildman–Crippen MR) is 102 cm³/mol. The van der Waals surface area contributed by atoms with E-state index in [0.717, 1.165) is 29.8 Å². The molecule has 3 aromatic rings. The lowest BCUT2D eigenvalue weighted by atomic mass is 10.0. The van der Waals surface area contributed by atoms with Gasteiger partial charge in [-0.3, -0.25) is 0 Å². The lowest BCUT2D eigenvalue weighted by molar-refractivity contribution is 0.522. The van der Waals surface area contributed by atoms with Crippen molar-refractivity contribution >= 4 is 0 Å². The van der Waals surface area contributed by atoms with Gasteiger partial charge in [-0.15, -0.1) is 0 Å². The number of fused-ring (bicyclic) bond motifs is 1. The highest BCUT2D eigenvalue weighted by atomic mass is 15.1. The molecular weight excluding hydrogens is 304 g/mol. The van der Waals surface area contributed by atoms with Crippen LogP contribution in [0.1, 0.15) is 40.9 Å². The summed E-state index contributed by atoms with van der Waals surface area (Å²) in [7, 11) is 0. The fourth-order valence-electron chi connectivity index (χ4n) is 3.30. The molecular formula is C23H22N2. The Morgan fingerprint density at radius 3 is 2.60 bits per heavy atom. The number of benzene rings is 2. The Balaban J connectivity index is 1.58. The molecule has 1 aliphatic heterocycles. The van der Waals surface area contributed by atoms with Crippen LogP contribution >= 0.6 is 0 Å². The van der Waals surface area contributed by atoms with E-state index in [1.165, 1.54) is 35.4 Å². The zero-order chi connectivity index (χ0) is 17.2. The average Bonchev–Trinajstić information content (AvgIpc) is 3.07. The summed E-state index contributed by atoms with van der Waals surface area (Å²) in [4.78, 5) is 4.79. The van der Waals surface area contributed by atoms with Gasteiger partial charge < -0.3 is 4.57 Å². The highest BCUT2D eigenvalue weighted by Gasteiger charge is 2.12. The monoisotopic (exact) mass is 326 g/mol. The summed E-state index contributed by atoms with van der Waals surface area (Å²) >= 11 is 0. The quantitative estimate of drug-likeness (QED) is 0.581. The van der Waals surface area contributed by atoms with Gasteiger partial charge in [0.1, 0.15) is 5.82 Å². The number of imidazole rings is 1. The molecule has 124 valence electrons. The molecule has 2 heteroatoms. The third kappa shape index (κ3) is 3.23. The molecule has 1 aliphatic rings. The summed E-state index contributed by atoms with van der Waals surface area (Å²) in [5.41, 5.74) is 6.92. The molecule has 4 rings (SSSR count). The molecule has 0 spiro atoms. The topological polar surface area (TPSA) is 17.8 Å². The van der Waals surface area contributed by atoms with E-state index in [1.807, 2.05) is 0 Å². The van der Waals surface area contributed by atoms with Gasteiger partial charge in [0, 0.05) is 35.9 Å². The number of aryl methyl sites for hydroxylation is 3. The standard InChI is InChI=1S/C23H22N2/c1-17-6-5-7-20(18(17)2)12-9-19-10-13-21(14-11-19)22-16-25-15-4-3-8-23(25)24-22/h5-7,10-11,13-14,16H,3-4,8,15H2,1-2H3. The predicted octanol–water partition coefficient (Wildman–Crippen LogP) is 4.90. The maximum absolute atomic E-state index is 4.79. The van der Waals surface area contributed by atoms with Crippen LogP contribution in [0.2, 0.25) is 0 Å². The van der Waals surface area contributed by atoms with Gasteiger partial charge in [0.2, 0.25) is 0 Å². The van der Waals surface area contributed by atoms with E-state index in [4.69, 9.17) is 4.98 Å². The molecule has 0 amide bonds. The lowest BCUT2D eigenvalue weighted by Crippen LogP contribution is -2.08. The van der Waals surface area contributed by atoms with E-state index < -0.39 is 0 Å². The van der Waals surface area contributed by atoms with Crippen molar-refractivity contribution in [1.82, 2.24) is 9.55 Å². The van der Waals surface area contributed by atoms with Crippen LogP contribution in [0.5, 0.6) is 0 Å².